The van der Waals surface area contributed by atoms with Crippen LogP contribution in [0.2, 0.25) is 0 Å². The molecule has 3 N–H and O–H groups in total. The lowest BCUT2D eigenvalue weighted by molar-refractivity contribution is -0.653. The van der Waals surface area contributed by atoms with Gasteiger partial charge in [-0.2, -0.15) is 0 Å². The summed E-state index contributed by atoms with van der Waals surface area (Å²) >= 11 is 0. The molecule has 64 valence electrons. The summed E-state index contributed by atoms with van der Waals surface area (Å²) in [5.41, 5.74) is 6.71. The Kier molecular flexibility index (Phi) is 4.12. The molecule has 11 heavy (non-hydrogen) atoms. The molecule has 0 unspecified atom stereocenters. The van der Waals surface area contributed by atoms with Crippen molar-refractivity contribution >= 4 is 5.91 Å². The van der Waals surface area contributed by atoms with Gasteiger partial charge in [-0.05, 0) is 19.4 Å². The number of rotatable bonds is 5. The molecule has 0 spiro atoms. The maximum Gasteiger partial charge on any atom is 0.304 e. The van der Waals surface area contributed by atoms with Gasteiger partial charge in [0.1, 0.15) is 0 Å². The smallest absolute Gasteiger partial charge is 0.304 e. The van der Waals surface area contributed by atoms with Crippen molar-refractivity contribution in [2.24, 2.45) is 5.73 Å². The predicted molar refractivity (Wildman–Crippen MR) is 37.0 cm³/mol. The summed E-state index contributed by atoms with van der Waals surface area (Å²) in [6.45, 7) is 3.06. The van der Waals surface area contributed by atoms with E-state index in [0.29, 0.717) is 0 Å². The van der Waals surface area contributed by atoms with Gasteiger partial charge >= 0.3 is 6.54 Å². The molecule has 0 aromatic carbocycles. The summed E-state index contributed by atoms with van der Waals surface area (Å²) in [6.07, 6.45) is -0.126. The van der Waals surface area contributed by atoms with Gasteiger partial charge < -0.3 is 5.73 Å². The van der Waals surface area contributed by atoms with Crippen molar-refractivity contribution in [2.75, 3.05) is 6.54 Å². The summed E-state index contributed by atoms with van der Waals surface area (Å²) in [6, 6.07) is 0. The van der Waals surface area contributed by atoms with Gasteiger partial charge in [-0.15, -0.1) is 0 Å². The Labute approximate surface area is 64.2 Å². The molecule has 0 bridgehead atoms. The molecule has 0 aromatic heterocycles. The van der Waals surface area contributed by atoms with E-state index >= 15 is 0 Å². The zero-order chi connectivity index (χ0) is 8.85. The Hall–Kier alpha value is -1.17. The van der Waals surface area contributed by atoms with Gasteiger partial charge in [0.25, 0.3) is 5.91 Å². The summed E-state index contributed by atoms with van der Waals surface area (Å²) in [4.78, 5) is 25.6. The number of hydrogen-bond acceptors (Lipinski definition) is 3. The highest BCUT2D eigenvalue weighted by molar-refractivity contribution is 5.74. The van der Waals surface area contributed by atoms with Gasteiger partial charge in [0, 0.05) is 0 Å². The number of nitroso groups, excluding NO2 is 1. The SMILES string of the molecule is CC(C)ON[N+](=O)CC(N)=O. The number of nitrogens with zero attached hydrogens (tertiary/aromatic N) is 1. The van der Waals surface area contributed by atoms with Crippen LogP contribution in [0, 0.1) is 4.91 Å². The monoisotopic (exact) mass is 162 g/mol. The summed E-state index contributed by atoms with van der Waals surface area (Å²) in [7, 11) is 0. The maximum absolute atomic E-state index is 10.5. The summed E-state index contributed by atoms with van der Waals surface area (Å²) < 4.78 is 0. The van der Waals surface area contributed by atoms with Gasteiger partial charge in [0.2, 0.25) is 0 Å². The molecule has 0 rings (SSSR count). The molecular formula is C5H12N3O3+. The molecule has 0 atom stereocenters. The van der Waals surface area contributed by atoms with E-state index in [2.05, 4.69) is 4.84 Å². The molecule has 0 radical (unpaired) electrons. The first-order valence-electron chi connectivity index (χ1n) is 3.16. The molecule has 0 aromatic rings. The highest BCUT2D eigenvalue weighted by Gasteiger charge is 2.12. The molecule has 0 saturated heterocycles. The molecule has 0 aliphatic rings. The average molecular weight is 162 g/mol. The number of carbonyl (C=O) groups is 1. The molecular weight excluding hydrogens is 150 g/mol. The third-order valence-electron chi connectivity index (χ3n) is 0.690. The first-order valence-corrected chi connectivity index (χ1v) is 3.16. The fraction of sp³-hybridized carbons (Fsp3) is 0.800. The minimum Gasteiger partial charge on any atom is -0.364 e. The zero-order valence-corrected chi connectivity index (χ0v) is 6.53. The van der Waals surface area contributed by atoms with E-state index in [4.69, 9.17) is 5.73 Å². The normalized spacial score (nSPS) is 9.73. The highest BCUT2D eigenvalue weighted by atomic mass is 16.7. The average Bonchev–Trinajstić information content (AvgIpc) is 1.82. The van der Waals surface area contributed by atoms with Crippen LogP contribution < -0.4 is 11.3 Å². The van der Waals surface area contributed by atoms with Crippen LogP contribution in [0.15, 0.2) is 0 Å². The summed E-state index contributed by atoms with van der Waals surface area (Å²) in [5, 5.41) is 0. The van der Waals surface area contributed by atoms with Crippen LogP contribution in [0.25, 0.3) is 0 Å². The molecule has 1 amide bonds. The van der Waals surface area contributed by atoms with E-state index in [1.165, 1.54) is 0 Å². The van der Waals surface area contributed by atoms with Gasteiger partial charge in [-0.25, -0.2) is 4.84 Å². The van der Waals surface area contributed by atoms with Crippen LogP contribution in [-0.2, 0) is 9.63 Å². The zero-order valence-electron chi connectivity index (χ0n) is 6.53. The number of primary amides is 1. The maximum atomic E-state index is 10.5. The Morgan fingerprint density at radius 3 is 2.64 bits per heavy atom. The van der Waals surface area contributed by atoms with E-state index in [0.717, 1.165) is 0 Å². The Morgan fingerprint density at radius 2 is 2.27 bits per heavy atom. The third kappa shape index (κ3) is 6.72. The number of nitrogens with two attached hydrogens (primary N) is 1. The Morgan fingerprint density at radius 1 is 1.73 bits per heavy atom. The Bertz CT molecular complexity index is 157. The van der Waals surface area contributed by atoms with E-state index in [1.54, 1.807) is 13.8 Å². The number of nitrogens with one attached hydrogen (secondary N) is 1. The highest BCUT2D eigenvalue weighted by Crippen LogP contribution is 1.81. The van der Waals surface area contributed by atoms with E-state index in [-0.39, 0.29) is 11.0 Å². The molecule has 6 nitrogen and oxygen atoms in total. The molecule has 0 saturated carbocycles. The van der Waals surface area contributed by atoms with Crippen molar-refractivity contribution < 1.29 is 14.5 Å². The molecule has 0 aliphatic heterocycles. The minimum atomic E-state index is -0.708. The lowest BCUT2D eigenvalue weighted by atomic mass is 10.5. The molecule has 0 heterocycles. The lowest BCUT2D eigenvalue weighted by Crippen LogP contribution is -2.35. The van der Waals surface area contributed by atoms with Gasteiger partial charge in [0.05, 0.1) is 11.0 Å². The predicted octanol–water partition coefficient (Wildman–Crippen LogP) is -0.905. The van der Waals surface area contributed by atoms with Crippen LogP contribution in [-0.4, -0.2) is 23.4 Å². The van der Waals surface area contributed by atoms with Gasteiger partial charge in [-0.1, -0.05) is 0 Å². The number of hydrazine groups is 1. The van der Waals surface area contributed by atoms with E-state index < -0.39 is 12.5 Å². The van der Waals surface area contributed by atoms with Crippen molar-refractivity contribution in [3.63, 3.8) is 0 Å². The molecule has 0 fully saturated rings. The summed E-state index contributed by atoms with van der Waals surface area (Å²) in [5.74, 6) is -0.708. The standard InChI is InChI=1S/C5H11N3O3/c1-4(2)11-7-8(10)3-5(6)9/h4H,3H2,1-2H3,(H2-,6,7,9,10)/p+1. The van der Waals surface area contributed by atoms with Crippen LogP contribution >= 0.6 is 0 Å². The quantitative estimate of drug-likeness (QED) is 0.405. The topological polar surface area (TPSA) is 84.4 Å². The van der Waals surface area contributed by atoms with Crippen LogP contribution in [0.1, 0.15) is 13.8 Å². The van der Waals surface area contributed by atoms with Crippen molar-refractivity contribution in [3.05, 3.63) is 4.91 Å². The second-order valence-electron chi connectivity index (χ2n) is 2.26. The second kappa shape index (κ2) is 4.62. The van der Waals surface area contributed by atoms with E-state index in [1.807, 2.05) is 5.59 Å². The third-order valence-corrected chi connectivity index (χ3v) is 0.690. The number of hydrogen-bond donors (Lipinski definition) is 2. The van der Waals surface area contributed by atoms with Crippen LogP contribution in [0.5, 0.6) is 0 Å². The van der Waals surface area contributed by atoms with Crippen molar-refractivity contribution in [1.82, 2.24) is 5.59 Å². The molecule has 6 heteroatoms. The minimum absolute atomic E-state index is 0.126. The number of amides is 1. The molecule has 0 aliphatic carbocycles. The Balaban J connectivity index is 3.46. The van der Waals surface area contributed by atoms with Gasteiger partial charge in [-0.3, -0.25) is 4.79 Å². The van der Waals surface area contributed by atoms with E-state index in [9.17, 15) is 9.70 Å². The fourth-order valence-electron chi connectivity index (χ4n) is 0.338. The first-order chi connectivity index (χ1) is 5.02. The van der Waals surface area contributed by atoms with Crippen molar-refractivity contribution in [3.8, 4) is 0 Å². The van der Waals surface area contributed by atoms with Crippen molar-refractivity contribution in [2.45, 2.75) is 20.0 Å². The lowest BCUT2D eigenvalue weighted by Gasteiger charge is -2.00. The second-order valence-corrected chi connectivity index (χ2v) is 2.26. The first kappa shape index (κ1) is 9.83. The number of carbonyl (C=O) groups excluding carboxylic acids is 1. The van der Waals surface area contributed by atoms with Gasteiger partial charge in [0.15, 0.2) is 4.87 Å². The fourth-order valence-corrected chi connectivity index (χ4v) is 0.338. The van der Waals surface area contributed by atoms with Crippen LogP contribution in [0.3, 0.4) is 0 Å². The van der Waals surface area contributed by atoms with Crippen molar-refractivity contribution in [1.29, 1.82) is 0 Å². The van der Waals surface area contributed by atoms with Crippen LogP contribution in [0.4, 0.5) is 0 Å². The largest absolute Gasteiger partial charge is 0.364 e.